The molecule has 25 heteroatoms. The molecular formula is C48H73N11O12S2. The number of H-pyrrole nitrogens is 1. The first-order valence-corrected chi connectivity index (χ1v) is 27.3. The van der Waals surface area contributed by atoms with E-state index in [9.17, 15) is 58.2 Å². The average Bonchev–Trinajstić information content (AvgIpc) is 4.04. The number of hydrogen-bond acceptors (Lipinski definition) is 14. The number of fused-ring (bicyclic) bond motifs is 1. The lowest BCUT2D eigenvalue weighted by atomic mass is 9.92. The van der Waals surface area contributed by atoms with Gasteiger partial charge in [0.25, 0.3) is 0 Å². The molecule has 3 aliphatic rings. The molecule has 0 aromatic carbocycles. The number of rotatable bonds is 19. The lowest BCUT2D eigenvalue weighted by Crippen LogP contribution is -2.61. The van der Waals surface area contributed by atoms with Gasteiger partial charge in [0.2, 0.25) is 53.2 Å². The highest BCUT2D eigenvalue weighted by molar-refractivity contribution is 8.76. The molecule has 3 heterocycles. The topological polar surface area (TPSA) is 353 Å². The summed E-state index contributed by atoms with van der Waals surface area (Å²) < 4.78 is 0. The molecule has 10 atom stereocenters. The molecule has 1 aromatic rings. The Balaban J connectivity index is 1.67. The second kappa shape index (κ2) is 29.0. The SMILES string of the molecule is CCC(C)[C@H](NC(=O)[C@H](Cc1cnc[nH]1)NC(=O)[C@@H]1CSSCCC(=O)N2CCC[C@H]2C(=O)N[C@@H](CC2C=CC(O)=CC2)C(=O)N[C@@H](CC(=O)O)C(=O)N[C@@H](CC(C)C)C(=O)N1)C(=O)N[C@@H](CC(C)C)C(N)=O. The van der Waals surface area contributed by atoms with Crippen LogP contribution in [0.2, 0.25) is 0 Å². The van der Waals surface area contributed by atoms with Crippen molar-refractivity contribution in [2.45, 2.75) is 154 Å². The van der Waals surface area contributed by atoms with E-state index in [1.54, 1.807) is 32.9 Å². The number of aliphatic hydroxyl groups excluding tert-OH is 1. The number of allylic oxidation sites excluding steroid dienone is 3. The third-order valence-electron chi connectivity index (χ3n) is 12.7. The number of nitrogens with two attached hydrogens (primary N) is 1. The van der Waals surface area contributed by atoms with Crippen LogP contribution in [0.3, 0.4) is 0 Å². The van der Waals surface area contributed by atoms with Crippen LogP contribution in [0.4, 0.5) is 0 Å². The number of aromatic nitrogens is 2. The summed E-state index contributed by atoms with van der Waals surface area (Å²) in [6.45, 7) is 11.1. The third kappa shape index (κ3) is 19.0. The molecule has 4 rings (SSSR count). The maximum atomic E-state index is 14.5. The maximum Gasteiger partial charge on any atom is 0.305 e. The quantitative estimate of drug-likeness (QED) is 0.0847. The Morgan fingerprint density at radius 3 is 2.16 bits per heavy atom. The van der Waals surface area contributed by atoms with Crippen LogP contribution in [-0.2, 0) is 54.4 Å². The monoisotopic (exact) mass is 1060 g/mol. The molecule has 0 spiro atoms. The van der Waals surface area contributed by atoms with Crippen LogP contribution in [0.15, 0.2) is 36.5 Å². The van der Waals surface area contributed by atoms with Gasteiger partial charge in [-0.25, -0.2) is 4.98 Å². The summed E-state index contributed by atoms with van der Waals surface area (Å²) in [7, 11) is 2.36. The summed E-state index contributed by atoms with van der Waals surface area (Å²) in [4.78, 5) is 146. The number of hydrogen-bond donors (Lipinski definition) is 11. The van der Waals surface area contributed by atoms with Gasteiger partial charge in [-0.2, -0.15) is 0 Å². The zero-order chi connectivity index (χ0) is 53.9. The highest BCUT2D eigenvalue weighted by Crippen LogP contribution is 2.27. The van der Waals surface area contributed by atoms with Gasteiger partial charge in [-0.1, -0.05) is 75.6 Å². The van der Waals surface area contributed by atoms with Crippen LogP contribution in [0.5, 0.6) is 0 Å². The number of aliphatic carboxylic acids is 1. The van der Waals surface area contributed by atoms with E-state index in [2.05, 4.69) is 47.2 Å². The Morgan fingerprint density at radius 1 is 0.863 bits per heavy atom. The fourth-order valence-electron chi connectivity index (χ4n) is 8.54. The average molecular weight is 1060 g/mol. The largest absolute Gasteiger partial charge is 0.508 e. The highest BCUT2D eigenvalue weighted by atomic mass is 33.1. The number of carboxylic acid groups (broad SMARTS) is 1. The lowest BCUT2D eigenvalue weighted by Gasteiger charge is -2.30. The van der Waals surface area contributed by atoms with Crippen molar-refractivity contribution < 1.29 is 58.2 Å². The minimum atomic E-state index is -1.75. The van der Waals surface area contributed by atoms with Gasteiger partial charge in [-0.05, 0) is 74.3 Å². The number of carboxylic acids is 1. The third-order valence-corrected chi connectivity index (χ3v) is 15.1. The van der Waals surface area contributed by atoms with Crippen LogP contribution in [-0.4, -0.2) is 151 Å². The number of imidazole rings is 1. The predicted molar refractivity (Wildman–Crippen MR) is 272 cm³/mol. The summed E-state index contributed by atoms with van der Waals surface area (Å²) in [5.74, 6) is -9.15. The van der Waals surface area contributed by atoms with Crippen LogP contribution in [0.1, 0.15) is 105 Å². The molecule has 0 bridgehead atoms. The molecule has 12 N–H and O–H groups in total. The second-order valence-electron chi connectivity index (χ2n) is 19.6. The van der Waals surface area contributed by atoms with Crippen molar-refractivity contribution in [3.05, 3.63) is 42.2 Å². The molecule has 73 heavy (non-hydrogen) atoms. The van der Waals surface area contributed by atoms with Gasteiger partial charge in [-0.3, -0.25) is 47.9 Å². The van der Waals surface area contributed by atoms with Crippen molar-refractivity contribution in [3.63, 3.8) is 0 Å². The van der Waals surface area contributed by atoms with E-state index in [1.165, 1.54) is 34.3 Å². The van der Waals surface area contributed by atoms with Crippen LogP contribution >= 0.6 is 21.6 Å². The van der Waals surface area contributed by atoms with Crippen LogP contribution in [0.25, 0.3) is 0 Å². The van der Waals surface area contributed by atoms with Crippen molar-refractivity contribution in [2.75, 3.05) is 18.1 Å². The predicted octanol–water partition coefficient (Wildman–Crippen LogP) is 0.628. The number of carbonyl (C=O) groups excluding carboxylic acids is 9. The van der Waals surface area contributed by atoms with E-state index in [1.807, 2.05) is 20.8 Å². The first-order valence-electron chi connectivity index (χ1n) is 24.8. The Hall–Kier alpha value is -6.11. The molecule has 2 unspecified atom stereocenters. The minimum absolute atomic E-state index is 0.000275. The van der Waals surface area contributed by atoms with Gasteiger partial charge in [0, 0.05) is 42.8 Å². The Kier molecular flexibility index (Phi) is 23.6. The van der Waals surface area contributed by atoms with Crippen molar-refractivity contribution >= 4 is 80.7 Å². The normalized spacial score (nSPS) is 24.4. The molecule has 2 saturated heterocycles. The highest BCUT2D eigenvalue weighted by Gasteiger charge is 2.39. The summed E-state index contributed by atoms with van der Waals surface area (Å²) in [6, 6.07) is -10.3. The van der Waals surface area contributed by atoms with Gasteiger partial charge in [-0.15, -0.1) is 0 Å². The number of nitrogens with zero attached hydrogens (tertiary/aromatic N) is 2. The Bertz CT molecular complexity index is 2190. The van der Waals surface area contributed by atoms with Gasteiger partial charge in [0.15, 0.2) is 0 Å². The number of aromatic amines is 1. The molecule has 0 saturated carbocycles. The Labute approximate surface area is 433 Å². The van der Waals surface area contributed by atoms with Crippen LogP contribution < -0.4 is 43.0 Å². The van der Waals surface area contributed by atoms with Crippen molar-refractivity contribution in [1.29, 1.82) is 0 Å². The zero-order valence-electron chi connectivity index (χ0n) is 42.3. The van der Waals surface area contributed by atoms with Crippen LogP contribution in [0, 0.1) is 23.7 Å². The molecule has 1 aliphatic carbocycles. The van der Waals surface area contributed by atoms with E-state index in [0.717, 1.165) is 10.8 Å². The summed E-state index contributed by atoms with van der Waals surface area (Å²) in [5.41, 5.74) is 6.04. The minimum Gasteiger partial charge on any atom is -0.508 e. The van der Waals surface area contributed by atoms with Gasteiger partial charge in [0.05, 0.1) is 12.7 Å². The first-order chi connectivity index (χ1) is 34.6. The fourth-order valence-corrected chi connectivity index (χ4v) is 10.7. The zero-order valence-corrected chi connectivity index (χ0v) is 43.9. The smallest absolute Gasteiger partial charge is 0.305 e. The lowest BCUT2D eigenvalue weighted by molar-refractivity contribution is -0.142. The first kappa shape index (κ1) is 59.5. The summed E-state index contributed by atoms with van der Waals surface area (Å²) in [6.07, 6.45) is 8.20. The van der Waals surface area contributed by atoms with Gasteiger partial charge in [0.1, 0.15) is 54.1 Å². The molecule has 404 valence electrons. The fraction of sp³-hybridized carbons (Fsp3) is 0.646. The van der Waals surface area contributed by atoms with Gasteiger partial charge < -0.3 is 63.0 Å². The molecule has 0 radical (unpaired) electrons. The molecule has 2 aliphatic heterocycles. The van der Waals surface area contributed by atoms with Crippen molar-refractivity contribution in [1.82, 2.24) is 52.1 Å². The summed E-state index contributed by atoms with van der Waals surface area (Å²) in [5, 5.41) is 38.5. The number of carbonyl (C=O) groups is 10. The number of amides is 9. The van der Waals surface area contributed by atoms with E-state index in [0.29, 0.717) is 31.4 Å². The van der Waals surface area contributed by atoms with Gasteiger partial charge >= 0.3 is 5.97 Å². The van der Waals surface area contributed by atoms with Crippen molar-refractivity contribution in [3.8, 4) is 0 Å². The van der Waals surface area contributed by atoms with E-state index >= 15 is 0 Å². The number of nitrogens with one attached hydrogen (secondary N) is 8. The molecule has 1 aromatic heterocycles. The second-order valence-corrected chi connectivity index (χ2v) is 22.2. The molecule has 2 fully saturated rings. The molecule has 9 amide bonds. The number of primary amides is 1. The summed E-state index contributed by atoms with van der Waals surface area (Å²) >= 11 is 0. The standard InChI is InChI=1S/C48H73N11O12S2/c1-7-27(6)40(48(71)52-31(41(49)64)17-25(2)3)58-45(68)34(20-29-22-50-24-51-29)54-46(69)36-23-73-72-16-14-38(61)59-15-8-9-37(59)47(70)56-33(19-28-10-12-30(60)13-11-28)43(66)55-35(21-39(62)63)44(67)53-32(18-26(4)5)42(65)57-36/h10,12-13,22,24-28,31-37,40,60H,7-9,11,14-21,23H2,1-6H3,(H2,49,64)(H,50,51)(H,52,71)(H,53,67)(H,54,69)(H,55,66)(H,56,70)(H,57,65)(H,58,68)(H,62,63)/t27?,28?,31-,32-,33-,34-,35-,36-,37-,40-/m0/s1. The Morgan fingerprint density at radius 2 is 1.55 bits per heavy atom. The van der Waals surface area contributed by atoms with E-state index in [-0.39, 0.29) is 79.6 Å². The maximum absolute atomic E-state index is 14.5. The van der Waals surface area contributed by atoms with Crippen molar-refractivity contribution in [2.24, 2.45) is 29.4 Å². The molecule has 23 nitrogen and oxygen atoms in total. The number of aliphatic hydroxyl groups is 1. The molecular weight excluding hydrogens is 987 g/mol. The van der Waals surface area contributed by atoms with E-state index in [4.69, 9.17) is 5.73 Å². The van der Waals surface area contributed by atoms with E-state index < -0.39 is 114 Å².